The summed E-state index contributed by atoms with van der Waals surface area (Å²) < 4.78 is 11.5. The summed E-state index contributed by atoms with van der Waals surface area (Å²) in [5.41, 5.74) is 2.38. The molecule has 0 bridgehead atoms. The largest absolute Gasteiger partial charge is 0.493 e. The van der Waals surface area contributed by atoms with Crippen LogP contribution in [0, 0.1) is 0 Å². The number of thioether (sulfide) groups is 1. The Labute approximate surface area is 210 Å². The number of nitrogens with zero attached hydrogens (tertiary/aromatic N) is 2. The maximum absolute atomic E-state index is 12.6. The number of methoxy groups -OCH3 is 1. The summed E-state index contributed by atoms with van der Waals surface area (Å²) in [5, 5.41) is -0.237. The molecule has 2 aliphatic rings. The normalized spacial score (nSPS) is 17.3. The highest BCUT2D eigenvalue weighted by Crippen LogP contribution is 2.34. The lowest BCUT2D eigenvalue weighted by atomic mass is 10.1. The van der Waals surface area contributed by atoms with Gasteiger partial charge in [0.2, 0.25) is 0 Å². The standard InChI is InChI=1S/C27H30N2O5S/c1-3-13-29-26(31)24(35-27(29)32)17-20-9-12-22(23(16-20)33-2)34-18-19-7-10-21(11-8-19)25(30)28-14-5-4-6-15-28/h7-12,16-17H,3-6,13-15,18H2,1-2H3. The number of hydrogen-bond donors (Lipinski definition) is 0. The van der Waals surface area contributed by atoms with Crippen LogP contribution in [0.1, 0.15) is 54.1 Å². The highest BCUT2D eigenvalue weighted by atomic mass is 32.2. The van der Waals surface area contributed by atoms with Crippen molar-refractivity contribution in [2.75, 3.05) is 26.7 Å². The molecule has 2 fully saturated rings. The first kappa shape index (κ1) is 24.9. The van der Waals surface area contributed by atoms with Gasteiger partial charge in [0.15, 0.2) is 11.5 Å². The first-order valence-electron chi connectivity index (χ1n) is 11.9. The molecular formula is C27H30N2O5S. The second-order valence-electron chi connectivity index (χ2n) is 8.58. The third kappa shape index (κ3) is 5.88. The molecule has 7 nitrogen and oxygen atoms in total. The molecule has 0 aliphatic carbocycles. The first-order chi connectivity index (χ1) is 17.0. The van der Waals surface area contributed by atoms with E-state index in [1.165, 1.54) is 11.3 Å². The number of likely N-dealkylation sites (tertiary alicyclic amines) is 1. The Hall–Kier alpha value is -3.26. The van der Waals surface area contributed by atoms with Crippen molar-refractivity contribution in [1.29, 1.82) is 0 Å². The number of hydrogen-bond acceptors (Lipinski definition) is 6. The number of carbonyl (C=O) groups excluding carboxylic acids is 3. The van der Waals surface area contributed by atoms with Crippen LogP contribution >= 0.6 is 11.8 Å². The Balaban J connectivity index is 1.40. The Kier molecular flexibility index (Phi) is 8.13. The van der Waals surface area contributed by atoms with Crippen molar-refractivity contribution in [2.24, 2.45) is 0 Å². The number of carbonyl (C=O) groups is 3. The van der Waals surface area contributed by atoms with Crippen molar-refractivity contribution in [2.45, 2.75) is 39.2 Å². The van der Waals surface area contributed by atoms with Gasteiger partial charge >= 0.3 is 0 Å². The quantitative estimate of drug-likeness (QED) is 0.461. The Bertz CT molecular complexity index is 1120. The van der Waals surface area contributed by atoms with Gasteiger partial charge in [0, 0.05) is 25.2 Å². The van der Waals surface area contributed by atoms with Gasteiger partial charge in [0.25, 0.3) is 17.1 Å². The Morgan fingerprint density at radius 1 is 1.03 bits per heavy atom. The van der Waals surface area contributed by atoms with Crippen LogP contribution in [0.25, 0.3) is 6.08 Å². The third-order valence-corrected chi connectivity index (χ3v) is 6.95. The van der Waals surface area contributed by atoms with E-state index in [0.29, 0.717) is 35.1 Å². The van der Waals surface area contributed by atoms with E-state index in [1.54, 1.807) is 25.3 Å². The number of imide groups is 1. The summed E-state index contributed by atoms with van der Waals surface area (Å²) >= 11 is 0.953. The summed E-state index contributed by atoms with van der Waals surface area (Å²) in [6.07, 6.45) is 5.75. The molecule has 0 unspecified atom stereocenters. The van der Waals surface area contributed by atoms with E-state index in [4.69, 9.17) is 9.47 Å². The van der Waals surface area contributed by atoms with Crippen molar-refractivity contribution < 1.29 is 23.9 Å². The minimum Gasteiger partial charge on any atom is -0.493 e. The van der Waals surface area contributed by atoms with Gasteiger partial charge in [-0.05, 0) is 78.9 Å². The molecule has 8 heteroatoms. The summed E-state index contributed by atoms with van der Waals surface area (Å²) in [7, 11) is 1.56. The summed E-state index contributed by atoms with van der Waals surface area (Å²) in [6.45, 7) is 4.34. The number of ether oxygens (including phenoxy) is 2. The van der Waals surface area contributed by atoms with Crippen LogP contribution in [0.2, 0.25) is 0 Å². The lowest BCUT2D eigenvalue weighted by molar-refractivity contribution is -0.122. The van der Waals surface area contributed by atoms with Gasteiger partial charge < -0.3 is 14.4 Å². The average Bonchev–Trinajstić information content (AvgIpc) is 3.15. The SMILES string of the molecule is CCCN1C(=O)SC(=Cc2ccc(OCc3ccc(C(=O)N4CCCCC4)cc3)c(OC)c2)C1=O. The highest BCUT2D eigenvalue weighted by molar-refractivity contribution is 8.18. The molecule has 2 aliphatic heterocycles. The summed E-state index contributed by atoms with van der Waals surface area (Å²) in [6, 6.07) is 12.9. The maximum Gasteiger partial charge on any atom is 0.293 e. The van der Waals surface area contributed by atoms with Crippen LogP contribution in [-0.2, 0) is 11.4 Å². The predicted octanol–water partition coefficient (Wildman–Crippen LogP) is 5.35. The van der Waals surface area contributed by atoms with E-state index >= 15 is 0 Å². The zero-order valence-electron chi connectivity index (χ0n) is 20.1. The van der Waals surface area contributed by atoms with Crippen LogP contribution in [0.4, 0.5) is 4.79 Å². The molecule has 35 heavy (non-hydrogen) atoms. The number of piperidine rings is 1. The molecule has 2 aromatic carbocycles. The van der Waals surface area contributed by atoms with Crippen LogP contribution in [-0.4, -0.2) is 53.6 Å². The fourth-order valence-corrected chi connectivity index (χ4v) is 5.01. The predicted molar refractivity (Wildman–Crippen MR) is 136 cm³/mol. The molecule has 2 heterocycles. The zero-order chi connectivity index (χ0) is 24.8. The van der Waals surface area contributed by atoms with E-state index in [-0.39, 0.29) is 17.1 Å². The molecule has 4 rings (SSSR count). The Morgan fingerprint density at radius 2 is 1.77 bits per heavy atom. The fourth-order valence-electron chi connectivity index (χ4n) is 4.15. The van der Waals surface area contributed by atoms with Gasteiger partial charge in [-0.25, -0.2) is 0 Å². The van der Waals surface area contributed by atoms with Gasteiger partial charge in [0.1, 0.15) is 6.61 Å². The monoisotopic (exact) mass is 494 g/mol. The van der Waals surface area contributed by atoms with E-state index in [9.17, 15) is 14.4 Å². The second-order valence-corrected chi connectivity index (χ2v) is 9.58. The minimum absolute atomic E-state index is 0.0852. The topological polar surface area (TPSA) is 76.2 Å². The van der Waals surface area contributed by atoms with E-state index < -0.39 is 0 Å². The lowest BCUT2D eigenvalue weighted by Crippen LogP contribution is -2.35. The van der Waals surface area contributed by atoms with Crippen LogP contribution in [0.15, 0.2) is 47.4 Å². The summed E-state index contributed by atoms with van der Waals surface area (Å²) in [4.78, 5) is 40.8. The third-order valence-electron chi connectivity index (χ3n) is 6.04. The minimum atomic E-state index is -0.261. The molecule has 0 spiro atoms. The van der Waals surface area contributed by atoms with Crippen LogP contribution in [0.3, 0.4) is 0 Å². The Morgan fingerprint density at radius 3 is 2.46 bits per heavy atom. The molecular weight excluding hydrogens is 464 g/mol. The van der Waals surface area contributed by atoms with Crippen LogP contribution < -0.4 is 9.47 Å². The smallest absolute Gasteiger partial charge is 0.293 e. The lowest BCUT2D eigenvalue weighted by Gasteiger charge is -2.26. The molecule has 184 valence electrons. The molecule has 0 N–H and O–H groups in total. The average molecular weight is 495 g/mol. The van der Waals surface area contributed by atoms with Gasteiger partial charge in [-0.3, -0.25) is 19.3 Å². The number of amides is 3. The molecule has 0 radical (unpaired) electrons. The van der Waals surface area contributed by atoms with Crippen molar-refractivity contribution in [3.63, 3.8) is 0 Å². The first-order valence-corrected chi connectivity index (χ1v) is 12.8. The van der Waals surface area contributed by atoms with Gasteiger partial charge in [-0.1, -0.05) is 25.1 Å². The fraction of sp³-hybridized carbons (Fsp3) is 0.370. The van der Waals surface area contributed by atoms with Crippen molar-refractivity contribution in [3.05, 3.63) is 64.1 Å². The molecule has 2 aromatic rings. The van der Waals surface area contributed by atoms with Gasteiger partial charge in [-0.15, -0.1) is 0 Å². The molecule has 3 amide bonds. The van der Waals surface area contributed by atoms with E-state index in [0.717, 1.165) is 55.2 Å². The van der Waals surface area contributed by atoms with Gasteiger partial charge in [-0.2, -0.15) is 0 Å². The maximum atomic E-state index is 12.6. The zero-order valence-corrected chi connectivity index (χ0v) is 20.9. The van der Waals surface area contributed by atoms with Crippen molar-refractivity contribution >= 4 is 34.9 Å². The molecule has 0 atom stereocenters. The van der Waals surface area contributed by atoms with Crippen molar-refractivity contribution in [3.8, 4) is 11.5 Å². The molecule has 0 saturated carbocycles. The highest BCUT2D eigenvalue weighted by Gasteiger charge is 2.34. The molecule has 0 aromatic heterocycles. The summed E-state index contributed by atoms with van der Waals surface area (Å²) in [5.74, 6) is 0.922. The second kappa shape index (κ2) is 11.4. The van der Waals surface area contributed by atoms with Crippen molar-refractivity contribution in [1.82, 2.24) is 9.80 Å². The number of rotatable bonds is 8. The van der Waals surface area contributed by atoms with E-state index in [1.807, 2.05) is 42.2 Å². The number of benzene rings is 2. The van der Waals surface area contributed by atoms with Gasteiger partial charge in [0.05, 0.1) is 12.0 Å². The molecule has 2 saturated heterocycles. The van der Waals surface area contributed by atoms with E-state index in [2.05, 4.69) is 0 Å². The van der Waals surface area contributed by atoms with Crippen LogP contribution in [0.5, 0.6) is 11.5 Å².